The first-order valence-electron chi connectivity index (χ1n) is 17.2. The molecule has 13 nitrogen and oxygen atoms in total. The van der Waals surface area contributed by atoms with Gasteiger partial charge in [0.2, 0.25) is 17.7 Å². The van der Waals surface area contributed by atoms with Crippen molar-refractivity contribution in [3.63, 3.8) is 0 Å². The molecular formula is C37H46N8O5S. The molecule has 4 atom stereocenters. The number of thiazole rings is 1. The zero-order chi connectivity index (χ0) is 36.5. The van der Waals surface area contributed by atoms with Gasteiger partial charge in [0.1, 0.15) is 42.5 Å². The lowest BCUT2D eigenvalue weighted by molar-refractivity contribution is -0.130. The van der Waals surface area contributed by atoms with Gasteiger partial charge in [0.05, 0.1) is 17.6 Å². The van der Waals surface area contributed by atoms with Crippen molar-refractivity contribution in [3.8, 4) is 5.75 Å². The fraction of sp³-hybridized carbons (Fsp3) is 0.432. The zero-order valence-electron chi connectivity index (χ0n) is 29.6. The first-order valence-corrected chi connectivity index (χ1v) is 18.2. The van der Waals surface area contributed by atoms with E-state index in [2.05, 4.69) is 50.2 Å². The van der Waals surface area contributed by atoms with Crippen molar-refractivity contribution < 1.29 is 23.9 Å². The monoisotopic (exact) mass is 714 g/mol. The Bertz CT molecular complexity index is 1780. The molecule has 0 spiro atoms. The summed E-state index contributed by atoms with van der Waals surface area (Å²) in [5.41, 5.74) is 3.34. The normalized spacial score (nSPS) is 20.6. The fourth-order valence-electron chi connectivity index (χ4n) is 6.00. The highest BCUT2D eigenvalue weighted by Gasteiger charge is 2.32. The lowest BCUT2D eigenvalue weighted by Crippen LogP contribution is -2.55. The topological polar surface area (TPSA) is 169 Å². The third-order valence-corrected chi connectivity index (χ3v) is 9.07. The maximum absolute atomic E-state index is 14.2. The largest absolute Gasteiger partial charge is 0.491 e. The van der Waals surface area contributed by atoms with E-state index in [0.717, 1.165) is 11.1 Å². The van der Waals surface area contributed by atoms with Crippen molar-refractivity contribution in [3.05, 3.63) is 94.0 Å². The van der Waals surface area contributed by atoms with Crippen LogP contribution in [0.1, 0.15) is 73.4 Å². The van der Waals surface area contributed by atoms with E-state index in [0.29, 0.717) is 29.7 Å². The van der Waals surface area contributed by atoms with Crippen LogP contribution in [0.15, 0.2) is 65.5 Å². The van der Waals surface area contributed by atoms with Gasteiger partial charge in [-0.2, -0.15) is 5.10 Å². The minimum absolute atomic E-state index is 0.108. The zero-order valence-corrected chi connectivity index (χ0v) is 30.4. The predicted octanol–water partition coefficient (Wildman–Crippen LogP) is 3.55. The van der Waals surface area contributed by atoms with Crippen LogP contribution in [-0.4, -0.2) is 68.1 Å². The minimum Gasteiger partial charge on any atom is -0.491 e. The van der Waals surface area contributed by atoms with E-state index in [9.17, 15) is 19.2 Å². The second-order valence-electron chi connectivity index (χ2n) is 13.6. The highest BCUT2D eigenvalue weighted by atomic mass is 32.1. The minimum atomic E-state index is -1.03. The lowest BCUT2D eigenvalue weighted by Gasteiger charge is -2.27. The van der Waals surface area contributed by atoms with Gasteiger partial charge in [-0.3, -0.25) is 19.2 Å². The maximum Gasteiger partial charge on any atom is 0.271 e. The van der Waals surface area contributed by atoms with Crippen molar-refractivity contribution in [1.82, 2.24) is 41.0 Å². The first kappa shape index (κ1) is 37.2. The summed E-state index contributed by atoms with van der Waals surface area (Å²) in [6.45, 7) is 9.91. The number of hydrogen-bond acceptors (Lipinski definition) is 9. The van der Waals surface area contributed by atoms with Crippen LogP contribution in [0, 0.1) is 18.8 Å². The molecule has 4 amide bonds. The van der Waals surface area contributed by atoms with E-state index >= 15 is 0 Å². The average molecular weight is 715 g/mol. The van der Waals surface area contributed by atoms with Crippen LogP contribution >= 0.6 is 11.3 Å². The van der Waals surface area contributed by atoms with Crippen molar-refractivity contribution in [2.24, 2.45) is 11.8 Å². The number of ether oxygens (including phenoxy) is 1. The van der Waals surface area contributed by atoms with E-state index in [1.807, 2.05) is 56.3 Å². The van der Waals surface area contributed by atoms with Crippen LogP contribution in [-0.2, 0) is 33.8 Å². The number of rotatable bonds is 7. The molecule has 2 aromatic carbocycles. The third kappa shape index (κ3) is 10.5. The molecule has 0 unspecified atom stereocenters. The number of aryl methyl sites for hydroxylation is 1. The number of aromatic nitrogens is 4. The summed E-state index contributed by atoms with van der Waals surface area (Å²) in [7, 11) is 0. The highest BCUT2D eigenvalue weighted by Crippen LogP contribution is 2.22. The molecule has 270 valence electrons. The van der Waals surface area contributed by atoms with Gasteiger partial charge < -0.3 is 26.0 Å². The molecule has 2 aliphatic rings. The molecule has 0 aliphatic carbocycles. The van der Waals surface area contributed by atoms with E-state index in [-0.39, 0.29) is 49.6 Å². The summed E-state index contributed by atoms with van der Waals surface area (Å²) in [5.74, 6) is -0.112. The molecule has 2 bridgehead atoms. The van der Waals surface area contributed by atoms with Gasteiger partial charge in [0.15, 0.2) is 5.82 Å². The fourth-order valence-corrected chi connectivity index (χ4v) is 6.53. The van der Waals surface area contributed by atoms with Crippen molar-refractivity contribution >= 4 is 35.0 Å². The standard InChI is InChI=1S/C37H46N8O5S/c1-22(2)15-27-19-50-28-13-11-26(12-14-28)17-29(42-37(49)31-20-51-21-38-31)35(47)41-30(16-25-9-7-6-8-10-25)36(48)43-33(23(3)4)34-39-24(5)44-45(34)18-32(46)40-27/h6-14,20-23,27,29-30,33H,15-19H2,1-5H3,(H,40,46)(H,41,47)(H,42,49)(H,43,48)/t27-,29+,30-,33-/m0/s1. The van der Waals surface area contributed by atoms with E-state index in [1.165, 1.54) is 16.0 Å². The molecule has 14 heteroatoms. The molecule has 4 heterocycles. The molecule has 0 radical (unpaired) electrons. The van der Waals surface area contributed by atoms with Crippen molar-refractivity contribution in [2.75, 3.05) is 6.61 Å². The Labute approximate surface area is 302 Å². The van der Waals surface area contributed by atoms with Crippen LogP contribution in [0.4, 0.5) is 0 Å². The first-order chi connectivity index (χ1) is 24.4. The van der Waals surface area contributed by atoms with Crippen LogP contribution in [0.25, 0.3) is 0 Å². The summed E-state index contributed by atoms with van der Waals surface area (Å²) in [4.78, 5) is 63.7. The summed E-state index contributed by atoms with van der Waals surface area (Å²) >= 11 is 1.27. The average Bonchev–Trinajstić information content (AvgIpc) is 3.76. The second kappa shape index (κ2) is 17.2. The number of fused-ring (bicyclic) bond motifs is 14. The van der Waals surface area contributed by atoms with Gasteiger partial charge in [0, 0.05) is 18.2 Å². The summed E-state index contributed by atoms with van der Waals surface area (Å²) in [6, 6.07) is 13.7. The lowest BCUT2D eigenvalue weighted by atomic mass is 10.00. The summed E-state index contributed by atoms with van der Waals surface area (Å²) in [5, 5.41) is 18.1. The number of nitrogens with one attached hydrogen (secondary N) is 4. The molecule has 0 saturated heterocycles. The molecule has 0 fully saturated rings. The van der Waals surface area contributed by atoms with Crippen LogP contribution in [0.2, 0.25) is 0 Å². The molecule has 0 saturated carbocycles. The highest BCUT2D eigenvalue weighted by molar-refractivity contribution is 7.07. The quantitative estimate of drug-likeness (QED) is 0.225. The Kier molecular flexibility index (Phi) is 12.5. The number of nitrogens with zero attached hydrogens (tertiary/aromatic N) is 4. The number of benzene rings is 2. The van der Waals surface area contributed by atoms with Gasteiger partial charge in [-0.1, -0.05) is 70.2 Å². The number of carbonyl (C=O) groups excluding carboxylic acids is 4. The van der Waals surface area contributed by atoms with E-state index < -0.39 is 35.8 Å². The molecule has 2 aromatic heterocycles. The molecule has 51 heavy (non-hydrogen) atoms. The van der Waals surface area contributed by atoms with Crippen LogP contribution in [0.3, 0.4) is 0 Å². The molecule has 6 rings (SSSR count). The molecule has 2 aliphatic heterocycles. The Morgan fingerprint density at radius 3 is 2.41 bits per heavy atom. The Balaban J connectivity index is 1.53. The number of hydrogen-bond donors (Lipinski definition) is 4. The summed E-state index contributed by atoms with van der Waals surface area (Å²) < 4.78 is 7.64. The van der Waals surface area contributed by atoms with Crippen molar-refractivity contribution in [2.45, 2.75) is 84.6 Å². The molecular weight excluding hydrogens is 669 g/mol. The van der Waals surface area contributed by atoms with Gasteiger partial charge in [-0.15, -0.1) is 11.3 Å². The van der Waals surface area contributed by atoms with E-state index in [4.69, 9.17) is 4.74 Å². The summed E-state index contributed by atoms with van der Waals surface area (Å²) in [6.07, 6.45) is 1.02. The van der Waals surface area contributed by atoms with Gasteiger partial charge in [-0.05, 0) is 48.4 Å². The van der Waals surface area contributed by atoms with Crippen LogP contribution in [0.5, 0.6) is 5.75 Å². The second-order valence-corrected chi connectivity index (χ2v) is 14.3. The SMILES string of the molecule is Cc1nc2n(n1)CC(=O)N[C@@H](CC(C)C)COc1ccc(cc1)C[C@@H](NC(=O)c1cscn1)C(=O)N[C@@H](Cc1ccccc1)C(=O)N[C@H]2C(C)C. The Morgan fingerprint density at radius 1 is 1.00 bits per heavy atom. The Hall–Kier alpha value is -5.11. The van der Waals surface area contributed by atoms with Gasteiger partial charge in [0.25, 0.3) is 5.91 Å². The molecule has 4 N–H and O–H groups in total. The predicted molar refractivity (Wildman–Crippen MR) is 193 cm³/mol. The number of amides is 4. The number of carbonyl (C=O) groups is 4. The van der Waals surface area contributed by atoms with E-state index in [1.54, 1.807) is 29.9 Å². The van der Waals surface area contributed by atoms with Gasteiger partial charge in [-0.25, -0.2) is 14.6 Å². The van der Waals surface area contributed by atoms with Gasteiger partial charge >= 0.3 is 0 Å². The third-order valence-electron chi connectivity index (χ3n) is 8.48. The Morgan fingerprint density at radius 2 is 1.75 bits per heavy atom. The maximum atomic E-state index is 14.2. The smallest absolute Gasteiger partial charge is 0.271 e. The van der Waals surface area contributed by atoms with Crippen LogP contribution < -0.4 is 26.0 Å². The molecule has 4 aromatic rings. The van der Waals surface area contributed by atoms with Crippen molar-refractivity contribution in [1.29, 1.82) is 0 Å².